The van der Waals surface area contributed by atoms with Crippen LogP contribution in [0.5, 0.6) is 0 Å². The van der Waals surface area contributed by atoms with Crippen LogP contribution < -0.4 is 5.32 Å². The number of amides is 1. The van der Waals surface area contributed by atoms with Crippen LogP contribution in [0.1, 0.15) is 15.9 Å². The molecule has 0 aliphatic heterocycles. The van der Waals surface area contributed by atoms with E-state index in [0.29, 0.717) is 10.7 Å². The topological polar surface area (TPSA) is 66.5 Å². The van der Waals surface area contributed by atoms with Crippen LogP contribution in [0.15, 0.2) is 47.4 Å². The van der Waals surface area contributed by atoms with Gasteiger partial charge in [-0.1, -0.05) is 23.7 Å². The third kappa shape index (κ3) is 3.90. The largest absolute Gasteiger partial charge is 0.322 e. The molecule has 2 rings (SSSR count). The Morgan fingerprint density at radius 2 is 1.83 bits per heavy atom. The molecule has 0 aliphatic carbocycles. The summed E-state index contributed by atoms with van der Waals surface area (Å²) < 4.78 is 25.4. The van der Waals surface area contributed by atoms with Gasteiger partial charge in [0, 0.05) is 30.4 Å². The summed E-state index contributed by atoms with van der Waals surface area (Å²) in [4.78, 5) is 12.4. The quantitative estimate of drug-likeness (QED) is 0.919. The molecular weight excluding hydrogens is 336 g/mol. The minimum atomic E-state index is -3.59. The third-order valence-corrected chi connectivity index (χ3v) is 5.37. The number of carbonyl (C=O) groups is 1. The number of nitrogens with zero attached hydrogens (tertiary/aromatic N) is 1. The summed E-state index contributed by atoms with van der Waals surface area (Å²) in [5.41, 5.74) is 1.70. The summed E-state index contributed by atoms with van der Waals surface area (Å²) in [6.07, 6.45) is 0. The van der Waals surface area contributed by atoms with Crippen molar-refractivity contribution in [3.63, 3.8) is 0 Å². The summed E-state index contributed by atoms with van der Waals surface area (Å²) in [5.74, 6) is -0.397. The molecule has 122 valence electrons. The second kappa shape index (κ2) is 6.70. The van der Waals surface area contributed by atoms with Crippen LogP contribution in [-0.4, -0.2) is 32.7 Å². The number of aryl methyl sites for hydroxylation is 1. The molecule has 5 nitrogen and oxygen atoms in total. The number of hydrogen-bond acceptors (Lipinski definition) is 3. The van der Waals surface area contributed by atoms with Crippen LogP contribution in [0.4, 0.5) is 5.69 Å². The van der Waals surface area contributed by atoms with Crippen molar-refractivity contribution in [2.75, 3.05) is 19.4 Å². The molecule has 0 saturated carbocycles. The van der Waals surface area contributed by atoms with Gasteiger partial charge in [0.25, 0.3) is 5.91 Å². The third-order valence-electron chi connectivity index (χ3n) is 3.32. The highest BCUT2D eigenvalue weighted by Crippen LogP contribution is 2.21. The Labute approximate surface area is 140 Å². The number of hydrogen-bond donors (Lipinski definition) is 1. The van der Waals surface area contributed by atoms with Gasteiger partial charge in [-0.3, -0.25) is 4.79 Å². The summed E-state index contributed by atoms with van der Waals surface area (Å²) >= 11 is 5.93. The lowest BCUT2D eigenvalue weighted by molar-refractivity contribution is 0.102. The molecule has 7 heteroatoms. The molecular formula is C16H17ClN2O3S. The molecule has 0 saturated heterocycles. The van der Waals surface area contributed by atoms with Crippen LogP contribution in [0.3, 0.4) is 0 Å². The van der Waals surface area contributed by atoms with Crippen molar-refractivity contribution in [3.05, 3.63) is 58.6 Å². The highest BCUT2D eigenvalue weighted by Gasteiger charge is 2.19. The number of carbonyl (C=O) groups excluding carboxylic acids is 1. The van der Waals surface area contributed by atoms with Gasteiger partial charge in [-0.05, 0) is 42.8 Å². The van der Waals surface area contributed by atoms with Gasteiger partial charge in [0.15, 0.2) is 0 Å². The van der Waals surface area contributed by atoms with Crippen molar-refractivity contribution < 1.29 is 13.2 Å². The molecule has 0 bridgehead atoms. The Morgan fingerprint density at radius 3 is 2.48 bits per heavy atom. The van der Waals surface area contributed by atoms with E-state index in [1.807, 2.05) is 6.92 Å². The first-order valence-electron chi connectivity index (χ1n) is 6.82. The zero-order valence-electron chi connectivity index (χ0n) is 13.0. The second-order valence-corrected chi connectivity index (χ2v) is 7.82. The lowest BCUT2D eigenvalue weighted by Crippen LogP contribution is -2.22. The molecule has 0 fully saturated rings. The van der Waals surface area contributed by atoms with Crippen LogP contribution >= 0.6 is 11.6 Å². The zero-order chi connectivity index (χ0) is 17.2. The van der Waals surface area contributed by atoms with E-state index in [4.69, 9.17) is 11.6 Å². The smallest absolute Gasteiger partial charge is 0.255 e. The minimum absolute atomic E-state index is 0.0676. The first-order valence-corrected chi connectivity index (χ1v) is 8.63. The summed E-state index contributed by atoms with van der Waals surface area (Å²) in [6, 6.07) is 11.1. The Bertz CT molecular complexity index is 848. The molecule has 0 radical (unpaired) electrons. The molecule has 0 aromatic heterocycles. The van der Waals surface area contributed by atoms with Gasteiger partial charge in [0.05, 0.1) is 4.90 Å². The van der Waals surface area contributed by atoms with E-state index >= 15 is 0 Å². The van der Waals surface area contributed by atoms with Gasteiger partial charge in [-0.2, -0.15) is 0 Å². The van der Waals surface area contributed by atoms with Crippen molar-refractivity contribution >= 4 is 33.2 Å². The van der Waals surface area contributed by atoms with E-state index in [1.54, 1.807) is 24.3 Å². The highest BCUT2D eigenvalue weighted by atomic mass is 35.5. The zero-order valence-corrected chi connectivity index (χ0v) is 14.6. The number of anilines is 1. The van der Waals surface area contributed by atoms with Gasteiger partial charge in [-0.15, -0.1) is 0 Å². The summed E-state index contributed by atoms with van der Waals surface area (Å²) in [6.45, 7) is 1.85. The predicted molar refractivity (Wildman–Crippen MR) is 91.5 cm³/mol. The van der Waals surface area contributed by atoms with Gasteiger partial charge in [0.2, 0.25) is 10.0 Å². The van der Waals surface area contributed by atoms with E-state index in [0.717, 1.165) is 9.87 Å². The fourth-order valence-electron chi connectivity index (χ4n) is 1.93. The van der Waals surface area contributed by atoms with Crippen LogP contribution in [-0.2, 0) is 10.0 Å². The summed E-state index contributed by atoms with van der Waals surface area (Å²) in [5, 5.41) is 3.25. The van der Waals surface area contributed by atoms with Crippen molar-refractivity contribution in [2.24, 2.45) is 0 Å². The van der Waals surface area contributed by atoms with Crippen molar-refractivity contribution in [1.82, 2.24) is 4.31 Å². The van der Waals surface area contributed by atoms with Crippen molar-refractivity contribution in [2.45, 2.75) is 11.8 Å². The number of sulfonamides is 1. The fourth-order valence-corrected chi connectivity index (χ4v) is 3.05. The van der Waals surface area contributed by atoms with Crippen molar-refractivity contribution in [3.8, 4) is 0 Å². The van der Waals surface area contributed by atoms with Crippen molar-refractivity contribution in [1.29, 1.82) is 0 Å². The predicted octanol–water partition coefficient (Wildman–Crippen LogP) is 3.15. The number of nitrogens with one attached hydrogen (secondary N) is 1. The molecule has 2 aromatic rings. The average Bonchev–Trinajstić information content (AvgIpc) is 2.50. The molecule has 0 atom stereocenters. The fraction of sp³-hybridized carbons (Fsp3) is 0.188. The lowest BCUT2D eigenvalue weighted by atomic mass is 10.1. The van der Waals surface area contributed by atoms with E-state index in [2.05, 4.69) is 5.32 Å². The molecule has 0 unspecified atom stereocenters. The maximum Gasteiger partial charge on any atom is 0.255 e. The van der Waals surface area contributed by atoms with E-state index in [9.17, 15) is 13.2 Å². The Balaban J connectivity index is 2.32. The van der Waals surface area contributed by atoms with Crippen LogP contribution in [0.2, 0.25) is 5.02 Å². The van der Waals surface area contributed by atoms with Gasteiger partial charge in [0.1, 0.15) is 0 Å². The first-order chi connectivity index (χ1) is 10.7. The maximum absolute atomic E-state index is 12.4. The van der Waals surface area contributed by atoms with E-state index in [-0.39, 0.29) is 10.5 Å². The van der Waals surface area contributed by atoms with Gasteiger partial charge < -0.3 is 5.32 Å². The maximum atomic E-state index is 12.4. The SMILES string of the molecule is Cc1ccc(Cl)cc1NC(=O)c1cccc(S(=O)(=O)N(C)C)c1. The molecule has 1 amide bonds. The molecule has 0 spiro atoms. The minimum Gasteiger partial charge on any atom is -0.322 e. The number of rotatable bonds is 4. The van der Waals surface area contributed by atoms with Gasteiger partial charge >= 0.3 is 0 Å². The van der Waals surface area contributed by atoms with Crippen LogP contribution in [0.25, 0.3) is 0 Å². The molecule has 0 aliphatic rings. The first kappa shape index (κ1) is 17.5. The Kier molecular flexibility index (Phi) is 5.09. The van der Waals surface area contributed by atoms with Gasteiger partial charge in [-0.25, -0.2) is 12.7 Å². The number of benzene rings is 2. The number of halogens is 1. The molecule has 23 heavy (non-hydrogen) atoms. The normalized spacial score (nSPS) is 11.5. The lowest BCUT2D eigenvalue weighted by Gasteiger charge is -2.13. The summed E-state index contributed by atoms with van der Waals surface area (Å²) in [7, 11) is -0.705. The Morgan fingerprint density at radius 1 is 1.13 bits per heavy atom. The highest BCUT2D eigenvalue weighted by molar-refractivity contribution is 7.89. The van der Waals surface area contributed by atoms with E-state index < -0.39 is 15.9 Å². The second-order valence-electron chi connectivity index (χ2n) is 5.23. The van der Waals surface area contributed by atoms with E-state index in [1.165, 1.54) is 32.3 Å². The molecule has 0 heterocycles. The molecule has 1 N–H and O–H groups in total. The molecule has 2 aromatic carbocycles. The average molecular weight is 353 g/mol. The monoisotopic (exact) mass is 352 g/mol. The van der Waals surface area contributed by atoms with Crippen LogP contribution in [0, 0.1) is 6.92 Å². The standard InChI is InChI=1S/C16H17ClN2O3S/c1-11-7-8-13(17)10-15(11)18-16(20)12-5-4-6-14(9-12)23(21,22)19(2)3/h4-10H,1-3H3,(H,18,20). The Hall–Kier alpha value is -1.89.